The fourth-order valence-corrected chi connectivity index (χ4v) is 6.78. The van der Waals surface area contributed by atoms with Crippen LogP contribution in [0.2, 0.25) is 0 Å². The Balaban J connectivity index is 1.76. The van der Waals surface area contributed by atoms with Crippen molar-refractivity contribution in [3.8, 4) is 11.1 Å². The number of hydrogen-bond donors (Lipinski definition) is 1. The van der Waals surface area contributed by atoms with Gasteiger partial charge in [-0.15, -0.1) is 0 Å². The summed E-state index contributed by atoms with van der Waals surface area (Å²) >= 11 is 0. The first kappa shape index (κ1) is 38.3. The lowest BCUT2D eigenvalue weighted by Crippen LogP contribution is -2.36. The normalized spacial score (nSPS) is 14.8. The Morgan fingerprint density at radius 2 is 1.69 bits per heavy atom. The zero-order chi connectivity index (χ0) is 36.2. The second-order valence-electron chi connectivity index (χ2n) is 14.3. The number of ether oxygens (including phenoxy) is 1. The van der Waals surface area contributed by atoms with E-state index in [1.54, 1.807) is 38.9 Å². The molecule has 268 valence electrons. The van der Waals surface area contributed by atoms with E-state index >= 15 is 4.39 Å². The molecule has 3 aromatic rings. The van der Waals surface area contributed by atoms with Gasteiger partial charge in [-0.2, -0.15) is 13.2 Å². The zero-order valence-electron chi connectivity index (χ0n) is 30.1. The number of hydrogen-bond acceptors (Lipinski definition) is 5. The van der Waals surface area contributed by atoms with Crippen molar-refractivity contribution in [1.82, 2.24) is 14.8 Å². The smallest absolute Gasteiger partial charge is 0.416 e. The third kappa shape index (κ3) is 9.81. The number of carbonyl (C=O) groups is 1. The number of nitrogens with zero attached hydrogens (tertiary/aromatic N) is 2. The van der Waals surface area contributed by atoms with Crippen molar-refractivity contribution in [1.29, 1.82) is 0 Å². The molecule has 1 aliphatic carbocycles. The molecule has 1 saturated carbocycles. The van der Waals surface area contributed by atoms with Gasteiger partial charge in [0.1, 0.15) is 5.82 Å². The summed E-state index contributed by atoms with van der Waals surface area (Å²) in [7, 11) is 3.56. The van der Waals surface area contributed by atoms with E-state index in [9.17, 15) is 22.8 Å². The third-order valence-electron chi connectivity index (χ3n) is 9.26. The average Bonchev–Trinajstić information content (AvgIpc) is 3.84. The van der Waals surface area contributed by atoms with Crippen LogP contribution in [0.1, 0.15) is 103 Å². The molecule has 0 bridgehead atoms. The van der Waals surface area contributed by atoms with Gasteiger partial charge in [0, 0.05) is 43.0 Å². The summed E-state index contributed by atoms with van der Waals surface area (Å²) in [5.41, 5.74) is 4.42. The van der Waals surface area contributed by atoms with E-state index in [0.29, 0.717) is 36.1 Å². The number of benzene rings is 2. The number of alkyl halides is 3. The highest BCUT2D eigenvalue weighted by atomic mass is 19.4. The van der Waals surface area contributed by atoms with Gasteiger partial charge in [0.05, 0.1) is 18.6 Å². The molecule has 2 aromatic carbocycles. The number of likely N-dealkylation sites (N-methyl/N-ethyl adjacent to an activating group) is 1. The maximum absolute atomic E-state index is 16.1. The molecule has 1 heterocycles. The van der Waals surface area contributed by atoms with Gasteiger partial charge in [-0.1, -0.05) is 26.0 Å². The fourth-order valence-electron chi connectivity index (χ4n) is 6.78. The molecule has 10 heteroatoms. The SMILES string of the molecule is CCOC(=O)C[C@H](NC[C@H](CC(C)C)n1cc(CCN(C)C)c(C(F)(F)F)cc1=O)c1cc(-c2c(C)cc(C3CC3)cc2C)cc(C)c1F. The first-order valence-electron chi connectivity index (χ1n) is 17.3. The number of aryl methyl sites for hydroxylation is 3. The van der Waals surface area contributed by atoms with Crippen LogP contribution in [0.5, 0.6) is 0 Å². The minimum absolute atomic E-state index is 0.0328. The molecule has 49 heavy (non-hydrogen) atoms. The van der Waals surface area contributed by atoms with Crippen LogP contribution in [0.25, 0.3) is 11.1 Å². The molecule has 0 radical (unpaired) electrons. The van der Waals surface area contributed by atoms with Gasteiger partial charge >= 0.3 is 12.1 Å². The second-order valence-corrected chi connectivity index (χ2v) is 14.3. The van der Waals surface area contributed by atoms with Crippen LogP contribution in [0, 0.1) is 32.5 Å². The second kappa shape index (κ2) is 16.0. The Kier molecular flexibility index (Phi) is 12.5. The summed E-state index contributed by atoms with van der Waals surface area (Å²) in [4.78, 5) is 28.0. The first-order valence-corrected chi connectivity index (χ1v) is 17.3. The minimum Gasteiger partial charge on any atom is -0.466 e. The molecule has 1 fully saturated rings. The van der Waals surface area contributed by atoms with Gasteiger partial charge in [0.15, 0.2) is 0 Å². The predicted octanol–water partition coefficient (Wildman–Crippen LogP) is 8.45. The molecule has 6 nitrogen and oxygen atoms in total. The van der Waals surface area contributed by atoms with E-state index in [-0.39, 0.29) is 37.5 Å². The summed E-state index contributed by atoms with van der Waals surface area (Å²) in [5, 5.41) is 3.35. The molecule has 1 N–H and O–H groups in total. The van der Waals surface area contributed by atoms with Gasteiger partial charge < -0.3 is 19.5 Å². The monoisotopic (exact) mass is 685 g/mol. The fraction of sp³-hybridized carbons (Fsp3) is 0.538. The number of nitrogens with one attached hydrogen (secondary N) is 1. The van der Waals surface area contributed by atoms with Crippen LogP contribution in [0.15, 0.2) is 41.3 Å². The molecule has 0 spiro atoms. The molecule has 0 saturated heterocycles. The molecule has 4 rings (SSSR count). The number of esters is 1. The molecule has 0 amide bonds. The van der Waals surface area contributed by atoms with Crippen LogP contribution in [0.3, 0.4) is 0 Å². The summed E-state index contributed by atoms with van der Waals surface area (Å²) in [6.07, 6.45) is -0.577. The van der Waals surface area contributed by atoms with E-state index in [2.05, 4.69) is 31.3 Å². The number of carbonyl (C=O) groups excluding carboxylic acids is 1. The van der Waals surface area contributed by atoms with E-state index in [1.807, 2.05) is 19.9 Å². The number of pyridine rings is 1. The van der Waals surface area contributed by atoms with Gasteiger partial charge in [-0.3, -0.25) is 9.59 Å². The van der Waals surface area contributed by atoms with Crippen molar-refractivity contribution in [3.63, 3.8) is 0 Å². The maximum atomic E-state index is 16.1. The highest BCUT2D eigenvalue weighted by Crippen LogP contribution is 2.43. The topological polar surface area (TPSA) is 63.6 Å². The van der Waals surface area contributed by atoms with E-state index < -0.39 is 41.2 Å². The lowest BCUT2D eigenvalue weighted by molar-refractivity contribution is -0.143. The van der Waals surface area contributed by atoms with E-state index in [1.165, 1.54) is 29.2 Å². The van der Waals surface area contributed by atoms with Crippen molar-refractivity contribution >= 4 is 5.97 Å². The Labute approximate surface area is 287 Å². The zero-order valence-corrected chi connectivity index (χ0v) is 30.1. The summed E-state index contributed by atoms with van der Waals surface area (Å²) in [5.74, 6) is -0.285. The van der Waals surface area contributed by atoms with Crippen molar-refractivity contribution in [2.24, 2.45) is 5.92 Å². The Bertz CT molecular complexity index is 1670. The summed E-state index contributed by atoms with van der Waals surface area (Å²) < 4.78 is 64.7. The number of aromatic nitrogens is 1. The average molecular weight is 686 g/mol. The molecule has 0 unspecified atom stereocenters. The Morgan fingerprint density at radius 3 is 2.24 bits per heavy atom. The molecule has 2 atom stereocenters. The quantitative estimate of drug-likeness (QED) is 0.129. The number of rotatable bonds is 15. The summed E-state index contributed by atoms with van der Waals surface area (Å²) in [6, 6.07) is 7.31. The van der Waals surface area contributed by atoms with E-state index in [0.717, 1.165) is 22.3 Å². The number of halogens is 4. The van der Waals surface area contributed by atoms with Gasteiger partial charge in [-0.05, 0) is 130 Å². The van der Waals surface area contributed by atoms with Gasteiger partial charge in [0.2, 0.25) is 0 Å². The minimum atomic E-state index is -4.67. The molecule has 1 aromatic heterocycles. The molecule has 1 aliphatic rings. The highest BCUT2D eigenvalue weighted by Gasteiger charge is 2.35. The van der Waals surface area contributed by atoms with E-state index in [4.69, 9.17) is 4.74 Å². The first-order chi connectivity index (χ1) is 23.0. The van der Waals surface area contributed by atoms with Gasteiger partial charge in [-0.25, -0.2) is 4.39 Å². The van der Waals surface area contributed by atoms with Crippen molar-refractivity contribution in [2.45, 2.75) is 97.8 Å². The predicted molar refractivity (Wildman–Crippen MR) is 186 cm³/mol. The van der Waals surface area contributed by atoms with Crippen LogP contribution in [-0.4, -0.2) is 49.2 Å². The van der Waals surface area contributed by atoms with Gasteiger partial charge in [0.25, 0.3) is 5.56 Å². The third-order valence-corrected chi connectivity index (χ3v) is 9.26. The van der Waals surface area contributed by atoms with Crippen molar-refractivity contribution in [2.75, 3.05) is 33.8 Å². The maximum Gasteiger partial charge on any atom is 0.416 e. The highest BCUT2D eigenvalue weighted by molar-refractivity contribution is 5.74. The van der Waals surface area contributed by atoms with Crippen LogP contribution >= 0.6 is 0 Å². The lowest BCUT2D eigenvalue weighted by atomic mass is 9.88. The largest absolute Gasteiger partial charge is 0.466 e. The summed E-state index contributed by atoms with van der Waals surface area (Å²) in [6.45, 7) is 12.1. The molecular weight excluding hydrogens is 634 g/mol. The Hall–Kier alpha value is -3.50. The van der Waals surface area contributed by atoms with Crippen LogP contribution in [0.4, 0.5) is 17.6 Å². The lowest BCUT2D eigenvalue weighted by Gasteiger charge is -2.28. The van der Waals surface area contributed by atoms with Crippen LogP contribution < -0.4 is 10.9 Å². The Morgan fingerprint density at radius 1 is 1.04 bits per heavy atom. The standard InChI is InChI=1S/C39H51F4N3O3/c1-9-49-36(48)20-34(32-18-30(17-26(6)38(32)40)37-24(4)15-29(16-25(37)5)27-10-11-27)44-21-31(14-23(2)3)46-22-28(12-13-45(7)8)33(19-35(46)47)39(41,42)43/h15-19,22-23,27,31,34,44H,9-14,20-21H2,1-8H3/t31-,34-/m0/s1. The molecular formula is C39H51F4N3O3. The van der Waals surface area contributed by atoms with Crippen molar-refractivity contribution < 1.29 is 27.1 Å². The van der Waals surface area contributed by atoms with Crippen LogP contribution in [-0.2, 0) is 22.1 Å². The molecule has 0 aliphatic heterocycles. The van der Waals surface area contributed by atoms with Crippen molar-refractivity contribution in [3.05, 3.63) is 91.6 Å².